The Bertz CT molecular complexity index is 658. The summed E-state index contributed by atoms with van der Waals surface area (Å²) >= 11 is 0. The Morgan fingerprint density at radius 1 is 0.818 bits per heavy atom. The van der Waals surface area contributed by atoms with Crippen molar-refractivity contribution in [3.8, 4) is 11.6 Å². The van der Waals surface area contributed by atoms with E-state index in [1.54, 1.807) is 18.3 Å². The van der Waals surface area contributed by atoms with Crippen LogP contribution in [0.25, 0.3) is 0 Å². The van der Waals surface area contributed by atoms with Crippen molar-refractivity contribution in [2.75, 3.05) is 6.61 Å². The summed E-state index contributed by atoms with van der Waals surface area (Å²) in [4.78, 5) is 16.8. The fraction of sp³-hybridized carbons (Fsp3) is 0.793. The van der Waals surface area contributed by atoms with E-state index in [1.165, 1.54) is 83.5 Å². The fourth-order valence-corrected chi connectivity index (χ4v) is 5.75. The molecule has 1 aromatic rings. The van der Waals surface area contributed by atoms with Gasteiger partial charge in [0.15, 0.2) is 0 Å². The first-order chi connectivity index (χ1) is 16.2. The van der Waals surface area contributed by atoms with Crippen LogP contribution < -0.4 is 9.47 Å². The number of esters is 1. The summed E-state index contributed by atoms with van der Waals surface area (Å²) in [5.74, 6) is 3.82. The van der Waals surface area contributed by atoms with Gasteiger partial charge in [-0.1, -0.05) is 84.5 Å². The van der Waals surface area contributed by atoms with Crippen LogP contribution in [0.4, 0.5) is 0 Å². The quantitative estimate of drug-likeness (QED) is 0.221. The van der Waals surface area contributed by atoms with Gasteiger partial charge in [-0.25, -0.2) is 4.98 Å². The Morgan fingerprint density at radius 2 is 1.45 bits per heavy atom. The molecule has 2 aliphatic rings. The second kappa shape index (κ2) is 14.6. The van der Waals surface area contributed by atoms with Gasteiger partial charge in [0.05, 0.1) is 18.7 Å². The Hall–Kier alpha value is -1.58. The number of ether oxygens (including phenoxy) is 2. The minimum Gasteiger partial charge on any atom is -0.478 e. The summed E-state index contributed by atoms with van der Waals surface area (Å²) in [7, 11) is 0. The second-order valence-electron chi connectivity index (χ2n) is 10.6. The van der Waals surface area contributed by atoms with Crippen molar-refractivity contribution in [3.05, 3.63) is 18.3 Å². The molecule has 4 nitrogen and oxygen atoms in total. The lowest BCUT2D eigenvalue weighted by molar-refractivity contribution is -0.140. The number of carbonyl (C=O) groups is 1. The molecular weight excluding hydrogens is 410 g/mol. The van der Waals surface area contributed by atoms with E-state index >= 15 is 0 Å². The summed E-state index contributed by atoms with van der Waals surface area (Å²) < 4.78 is 11.1. The van der Waals surface area contributed by atoms with Crippen LogP contribution in [0.1, 0.15) is 117 Å². The maximum Gasteiger partial charge on any atom is 0.314 e. The molecule has 0 radical (unpaired) electrons. The van der Waals surface area contributed by atoms with Crippen molar-refractivity contribution in [1.29, 1.82) is 0 Å². The number of carbonyl (C=O) groups excluding carboxylic acids is 1. The molecule has 0 aliphatic heterocycles. The largest absolute Gasteiger partial charge is 0.478 e. The zero-order valence-corrected chi connectivity index (χ0v) is 21.2. The summed E-state index contributed by atoms with van der Waals surface area (Å²) in [6.07, 6.45) is 22.5. The van der Waals surface area contributed by atoms with Gasteiger partial charge in [0, 0.05) is 6.07 Å². The fourth-order valence-electron chi connectivity index (χ4n) is 5.75. The minimum absolute atomic E-state index is 0.0421. The zero-order valence-electron chi connectivity index (χ0n) is 21.2. The number of aromatic nitrogens is 1. The SMILES string of the molecule is CCCCCCC1CCC(CCC2CCC(C(=O)Oc3ccc(OCCC)nc3)CC2)CC1. The van der Waals surface area contributed by atoms with Crippen LogP contribution in [0.2, 0.25) is 0 Å². The molecule has 33 heavy (non-hydrogen) atoms. The molecule has 2 fully saturated rings. The van der Waals surface area contributed by atoms with Gasteiger partial charge in [0.1, 0.15) is 5.75 Å². The van der Waals surface area contributed by atoms with E-state index in [2.05, 4.69) is 18.8 Å². The first-order valence-electron chi connectivity index (χ1n) is 14.0. The molecule has 0 unspecified atom stereocenters. The molecule has 0 amide bonds. The van der Waals surface area contributed by atoms with E-state index in [4.69, 9.17) is 9.47 Å². The Morgan fingerprint density at radius 3 is 2.03 bits per heavy atom. The highest BCUT2D eigenvalue weighted by Gasteiger charge is 2.29. The van der Waals surface area contributed by atoms with Crippen molar-refractivity contribution in [3.63, 3.8) is 0 Å². The van der Waals surface area contributed by atoms with Crippen molar-refractivity contribution in [2.45, 2.75) is 117 Å². The van der Waals surface area contributed by atoms with Crippen LogP contribution in [0, 0.1) is 23.7 Å². The summed E-state index contributed by atoms with van der Waals surface area (Å²) in [5.41, 5.74) is 0. The van der Waals surface area contributed by atoms with Crippen molar-refractivity contribution >= 4 is 5.97 Å². The third-order valence-electron chi connectivity index (χ3n) is 7.98. The van der Waals surface area contributed by atoms with E-state index in [-0.39, 0.29) is 11.9 Å². The number of pyridine rings is 1. The lowest BCUT2D eigenvalue weighted by atomic mass is 9.75. The van der Waals surface area contributed by atoms with Crippen LogP contribution in [0.5, 0.6) is 11.6 Å². The highest BCUT2D eigenvalue weighted by molar-refractivity contribution is 5.75. The van der Waals surface area contributed by atoms with Gasteiger partial charge in [0.25, 0.3) is 0 Å². The van der Waals surface area contributed by atoms with E-state index in [9.17, 15) is 4.79 Å². The number of nitrogens with zero attached hydrogens (tertiary/aromatic N) is 1. The lowest BCUT2D eigenvalue weighted by Gasteiger charge is -2.31. The molecule has 2 saturated carbocycles. The van der Waals surface area contributed by atoms with Crippen LogP contribution in [-0.4, -0.2) is 17.6 Å². The predicted octanol–water partition coefficient (Wildman–Crippen LogP) is 8.14. The highest BCUT2D eigenvalue weighted by atomic mass is 16.5. The molecule has 0 spiro atoms. The third-order valence-corrected chi connectivity index (χ3v) is 7.98. The van der Waals surface area contributed by atoms with Gasteiger partial charge in [-0.15, -0.1) is 0 Å². The van der Waals surface area contributed by atoms with E-state index in [0.717, 1.165) is 37.0 Å². The molecule has 1 heterocycles. The molecule has 0 bridgehead atoms. The van der Waals surface area contributed by atoms with Crippen molar-refractivity contribution in [1.82, 2.24) is 4.98 Å². The summed E-state index contributed by atoms with van der Waals surface area (Å²) in [5, 5.41) is 0. The number of rotatable bonds is 13. The van der Waals surface area contributed by atoms with Gasteiger partial charge in [-0.2, -0.15) is 0 Å². The monoisotopic (exact) mass is 457 g/mol. The average molecular weight is 458 g/mol. The zero-order chi connectivity index (χ0) is 23.3. The molecule has 0 aromatic carbocycles. The molecule has 3 rings (SSSR count). The number of unbranched alkanes of at least 4 members (excludes halogenated alkanes) is 3. The van der Waals surface area contributed by atoms with Crippen LogP contribution >= 0.6 is 0 Å². The molecule has 2 aliphatic carbocycles. The Balaban J connectivity index is 1.27. The molecular formula is C29H47NO3. The van der Waals surface area contributed by atoms with E-state index in [1.807, 2.05) is 0 Å². The van der Waals surface area contributed by atoms with Gasteiger partial charge >= 0.3 is 5.97 Å². The molecule has 0 atom stereocenters. The first kappa shape index (κ1) is 26.0. The number of hydrogen-bond donors (Lipinski definition) is 0. The molecule has 0 N–H and O–H groups in total. The van der Waals surface area contributed by atoms with E-state index < -0.39 is 0 Å². The molecule has 1 aromatic heterocycles. The number of hydrogen-bond acceptors (Lipinski definition) is 4. The predicted molar refractivity (Wildman–Crippen MR) is 135 cm³/mol. The standard InChI is InChI=1S/C29H47NO3/c1-3-5-6-7-8-23-9-11-24(12-10-23)13-14-25-15-17-26(18-16-25)29(31)33-27-19-20-28(30-22-27)32-21-4-2/h19-20,22-26H,3-18,21H2,1-2H3. The maximum atomic E-state index is 12.6. The van der Waals surface area contributed by atoms with Crippen LogP contribution in [0.3, 0.4) is 0 Å². The van der Waals surface area contributed by atoms with Crippen molar-refractivity contribution < 1.29 is 14.3 Å². The smallest absolute Gasteiger partial charge is 0.314 e. The van der Waals surface area contributed by atoms with Gasteiger partial charge in [-0.3, -0.25) is 4.79 Å². The molecule has 0 saturated heterocycles. The topological polar surface area (TPSA) is 48.4 Å². The van der Waals surface area contributed by atoms with Gasteiger partial charge in [-0.05, 0) is 55.9 Å². The normalized spacial score (nSPS) is 25.5. The Kier molecular flexibility index (Phi) is 11.5. The Labute approximate surface area is 202 Å². The van der Waals surface area contributed by atoms with Gasteiger partial charge < -0.3 is 9.47 Å². The summed E-state index contributed by atoms with van der Waals surface area (Å²) in [6.45, 7) is 5.01. The summed E-state index contributed by atoms with van der Waals surface area (Å²) in [6, 6.07) is 3.55. The highest BCUT2D eigenvalue weighted by Crippen LogP contribution is 2.38. The van der Waals surface area contributed by atoms with E-state index in [0.29, 0.717) is 18.2 Å². The lowest BCUT2D eigenvalue weighted by Crippen LogP contribution is -2.26. The molecule has 186 valence electrons. The average Bonchev–Trinajstić information content (AvgIpc) is 2.86. The third kappa shape index (κ3) is 9.29. The van der Waals surface area contributed by atoms with Crippen LogP contribution in [0.15, 0.2) is 18.3 Å². The maximum absolute atomic E-state index is 12.6. The van der Waals surface area contributed by atoms with Crippen molar-refractivity contribution in [2.24, 2.45) is 23.7 Å². The van der Waals surface area contributed by atoms with Gasteiger partial charge in [0.2, 0.25) is 5.88 Å². The van der Waals surface area contributed by atoms with Crippen LogP contribution in [-0.2, 0) is 4.79 Å². The second-order valence-corrected chi connectivity index (χ2v) is 10.6. The molecule has 4 heteroatoms. The first-order valence-corrected chi connectivity index (χ1v) is 14.0. The minimum atomic E-state index is -0.0882.